The van der Waals surface area contributed by atoms with Crippen LogP contribution in [-0.4, -0.2) is 11.2 Å². The number of benzene rings is 1. The Balaban J connectivity index is 2.75. The van der Waals surface area contributed by atoms with Gasteiger partial charge in [0.05, 0.1) is 5.25 Å². The van der Waals surface area contributed by atoms with Crippen LogP contribution in [0.4, 0.5) is 5.69 Å². The summed E-state index contributed by atoms with van der Waals surface area (Å²) in [4.78, 5) is 12.3. The van der Waals surface area contributed by atoms with Crippen molar-refractivity contribution >= 4 is 23.4 Å². The van der Waals surface area contributed by atoms with Gasteiger partial charge in [0.15, 0.2) is 0 Å². The highest BCUT2D eigenvalue weighted by molar-refractivity contribution is 8.00. The molecule has 0 fully saturated rings. The molecule has 5 N–H and O–H groups in total. The molecular formula is C10H15N3OS. The number of carbonyl (C=O) groups is 1. The van der Waals surface area contributed by atoms with E-state index in [1.165, 1.54) is 11.8 Å². The highest BCUT2D eigenvalue weighted by atomic mass is 32.2. The molecule has 5 heteroatoms. The molecule has 4 nitrogen and oxygen atoms in total. The van der Waals surface area contributed by atoms with E-state index < -0.39 is 0 Å². The minimum Gasteiger partial charge on any atom is -0.398 e. The first-order valence-electron chi connectivity index (χ1n) is 4.70. The van der Waals surface area contributed by atoms with Gasteiger partial charge in [-0.05, 0) is 18.6 Å². The van der Waals surface area contributed by atoms with Crippen molar-refractivity contribution in [2.75, 3.05) is 5.73 Å². The zero-order chi connectivity index (χ0) is 11.3. The predicted molar refractivity (Wildman–Crippen MR) is 63.1 cm³/mol. The van der Waals surface area contributed by atoms with Crippen molar-refractivity contribution in [2.45, 2.75) is 23.5 Å². The first-order chi connectivity index (χ1) is 7.19. The maximum absolute atomic E-state index is 11.4. The summed E-state index contributed by atoms with van der Waals surface area (Å²) in [7, 11) is 0. The number of hydrogen-bond donors (Lipinski definition) is 3. The van der Waals surface area contributed by atoms with E-state index in [4.69, 9.17) is 11.6 Å². The summed E-state index contributed by atoms with van der Waals surface area (Å²) in [5, 5.41) is -0.195. The Bertz CT molecular complexity index is 343. The maximum Gasteiger partial charge on any atom is 0.247 e. The van der Waals surface area contributed by atoms with Crippen LogP contribution in [0.5, 0.6) is 0 Å². The number of amides is 1. The van der Waals surface area contributed by atoms with Crippen LogP contribution in [0.15, 0.2) is 29.2 Å². The summed E-state index contributed by atoms with van der Waals surface area (Å²) in [5.41, 5.74) is 8.62. The summed E-state index contributed by atoms with van der Waals surface area (Å²) in [6, 6.07) is 7.47. The Morgan fingerprint density at radius 1 is 1.53 bits per heavy atom. The second kappa shape index (κ2) is 5.63. The van der Waals surface area contributed by atoms with Crippen LogP contribution in [0, 0.1) is 0 Å². The second-order valence-electron chi connectivity index (χ2n) is 3.06. The summed E-state index contributed by atoms with van der Waals surface area (Å²) in [6.45, 7) is 1.94. The molecule has 1 rings (SSSR count). The number of carbonyl (C=O) groups excluding carboxylic acids is 1. The zero-order valence-corrected chi connectivity index (χ0v) is 9.38. The Labute approximate surface area is 93.4 Å². The lowest BCUT2D eigenvalue weighted by Gasteiger charge is -2.13. The van der Waals surface area contributed by atoms with Gasteiger partial charge in [0.2, 0.25) is 5.91 Å². The number of hydrazine groups is 1. The van der Waals surface area contributed by atoms with E-state index in [0.29, 0.717) is 12.1 Å². The van der Waals surface area contributed by atoms with Gasteiger partial charge in [-0.1, -0.05) is 19.1 Å². The van der Waals surface area contributed by atoms with Crippen molar-refractivity contribution in [1.82, 2.24) is 5.43 Å². The molecule has 0 radical (unpaired) electrons. The summed E-state index contributed by atoms with van der Waals surface area (Å²) in [6.07, 6.45) is 0.710. The first kappa shape index (κ1) is 11.9. The minimum absolute atomic E-state index is 0.175. The van der Waals surface area contributed by atoms with E-state index >= 15 is 0 Å². The number of para-hydroxylation sites is 1. The van der Waals surface area contributed by atoms with Gasteiger partial charge >= 0.3 is 0 Å². The van der Waals surface area contributed by atoms with Gasteiger partial charge in [-0.25, -0.2) is 5.84 Å². The Hall–Kier alpha value is -1.20. The van der Waals surface area contributed by atoms with Gasteiger partial charge in [-0.2, -0.15) is 0 Å². The molecule has 0 saturated heterocycles. The highest BCUT2D eigenvalue weighted by Gasteiger charge is 2.17. The minimum atomic E-state index is -0.195. The van der Waals surface area contributed by atoms with E-state index in [2.05, 4.69) is 5.43 Å². The molecular weight excluding hydrogens is 210 g/mol. The van der Waals surface area contributed by atoms with E-state index in [1.54, 1.807) is 0 Å². The molecule has 0 aliphatic carbocycles. The van der Waals surface area contributed by atoms with Crippen LogP contribution in [0.25, 0.3) is 0 Å². The topological polar surface area (TPSA) is 81.1 Å². The molecule has 1 unspecified atom stereocenters. The van der Waals surface area contributed by atoms with Crippen molar-refractivity contribution in [2.24, 2.45) is 5.84 Å². The Kier molecular flexibility index (Phi) is 4.45. The van der Waals surface area contributed by atoms with Gasteiger partial charge in [-0.15, -0.1) is 11.8 Å². The van der Waals surface area contributed by atoms with Crippen molar-refractivity contribution in [3.8, 4) is 0 Å². The fraction of sp³-hybridized carbons (Fsp3) is 0.300. The quantitative estimate of drug-likeness (QED) is 0.236. The molecule has 0 aliphatic rings. The van der Waals surface area contributed by atoms with E-state index in [9.17, 15) is 4.79 Å². The maximum atomic E-state index is 11.4. The molecule has 0 heterocycles. The number of thioether (sulfide) groups is 1. The van der Waals surface area contributed by atoms with Gasteiger partial charge in [0, 0.05) is 10.6 Å². The average Bonchev–Trinajstić information content (AvgIpc) is 2.27. The van der Waals surface area contributed by atoms with Crippen LogP contribution in [0.3, 0.4) is 0 Å². The highest BCUT2D eigenvalue weighted by Crippen LogP contribution is 2.29. The molecule has 0 spiro atoms. The fourth-order valence-electron chi connectivity index (χ4n) is 1.16. The molecule has 15 heavy (non-hydrogen) atoms. The first-order valence-corrected chi connectivity index (χ1v) is 5.58. The summed E-state index contributed by atoms with van der Waals surface area (Å²) in [5.74, 6) is 4.92. The molecule has 1 atom stereocenters. The molecule has 82 valence electrons. The van der Waals surface area contributed by atoms with E-state index in [1.807, 2.05) is 31.2 Å². The zero-order valence-electron chi connectivity index (χ0n) is 8.57. The van der Waals surface area contributed by atoms with Crippen LogP contribution >= 0.6 is 11.8 Å². The molecule has 1 amide bonds. The number of nitrogens with one attached hydrogen (secondary N) is 1. The van der Waals surface area contributed by atoms with Crippen molar-refractivity contribution < 1.29 is 4.79 Å². The lowest BCUT2D eigenvalue weighted by atomic mass is 10.3. The molecule has 0 saturated carbocycles. The third-order valence-corrected chi connectivity index (χ3v) is 3.45. The fourth-order valence-corrected chi connectivity index (χ4v) is 2.17. The molecule has 1 aromatic carbocycles. The Morgan fingerprint density at radius 3 is 2.73 bits per heavy atom. The largest absolute Gasteiger partial charge is 0.398 e. The third-order valence-electron chi connectivity index (χ3n) is 1.99. The predicted octanol–water partition coefficient (Wildman–Crippen LogP) is 1.13. The van der Waals surface area contributed by atoms with Gasteiger partial charge in [0.25, 0.3) is 0 Å². The molecule has 0 bridgehead atoms. The van der Waals surface area contributed by atoms with Crippen molar-refractivity contribution in [3.63, 3.8) is 0 Å². The van der Waals surface area contributed by atoms with Crippen LogP contribution in [0.2, 0.25) is 0 Å². The third kappa shape index (κ3) is 3.14. The monoisotopic (exact) mass is 225 g/mol. The SMILES string of the molecule is CCC(Sc1ccccc1N)C(=O)NN. The molecule has 1 aromatic rings. The Morgan fingerprint density at radius 2 is 2.20 bits per heavy atom. The lowest BCUT2D eigenvalue weighted by Crippen LogP contribution is -2.37. The standard InChI is InChI=1S/C10H15N3OS/c1-2-8(10(14)13-12)15-9-6-4-3-5-7(9)11/h3-6,8H,2,11-12H2,1H3,(H,13,14). The lowest BCUT2D eigenvalue weighted by molar-refractivity contribution is -0.120. The van der Waals surface area contributed by atoms with Crippen LogP contribution < -0.4 is 17.0 Å². The number of hydrogen-bond acceptors (Lipinski definition) is 4. The van der Waals surface area contributed by atoms with Gasteiger partial charge in [-0.3, -0.25) is 10.2 Å². The summed E-state index contributed by atoms with van der Waals surface area (Å²) >= 11 is 1.43. The van der Waals surface area contributed by atoms with Crippen LogP contribution in [0.1, 0.15) is 13.3 Å². The van der Waals surface area contributed by atoms with E-state index in [-0.39, 0.29) is 11.2 Å². The average molecular weight is 225 g/mol. The number of rotatable bonds is 4. The smallest absolute Gasteiger partial charge is 0.247 e. The van der Waals surface area contributed by atoms with Crippen LogP contribution in [-0.2, 0) is 4.79 Å². The number of nitrogens with two attached hydrogens (primary N) is 2. The van der Waals surface area contributed by atoms with Gasteiger partial charge < -0.3 is 5.73 Å². The second-order valence-corrected chi connectivity index (χ2v) is 4.31. The van der Waals surface area contributed by atoms with Crippen molar-refractivity contribution in [1.29, 1.82) is 0 Å². The summed E-state index contributed by atoms with van der Waals surface area (Å²) < 4.78 is 0. The molecule has 0 aromatic heterocycles. The number of anilines is 1. The normalized spacial score (nSPS) is 12.1. The number of nitrogen functional groups attached to an aromatic ring is 1. The van der Waals surface area contributed by atoms with Gasteiger partial charge in [0.1, 0.15) is 0 Å². The molecule has 0 aliphatic heterocycles. The van der Waals surface area contributed by atoms with E-state index in [0.717, 1.165) is 4.90 Å². The van der Waals surface area contributed by atoms with Crippen molar-refractivity contribution in [3.05, 3.63) is 24.3 Å².